The molecule has 0 N–H and O–H groups in total. The molecule has 0 aromatic heterocycles. The van der Waals surface area contributed by atoms with Crippen LogP contribution in [0.1, 0.15) is 31.1 Å². The molecule has 0 heterocycles. The summed E-state index contributed by atoms with van der Waals surface area (Å²) in [6, 6.07) is 0. The molecule has 0 spiro atoms. The predicted octanol–water partition coefficient (Wildman–Crippen LogP) is 5.89. The topological polar surface area (TPSA) is 0 Å². The van der Waals surface area contributed by atoms with Gasteiger partial charge in [-0.2, -0.15) is 0 Å². The maximum atomic E-state index is 9.17. The van der Waals surface area contributed by atoms with E-state index in [1.807, 2.05) is 60.8 Å². The molecule has 114 valence electrons. The van der Waals surface area contributed by atoms with Crippen LogP contribution in [0.2, 0.25) is 0 Å². The van der Waals surface area contributed by atoms with E-state index in [9.17, 15) is 0 Å². The van der Waals surface area contributed by atoms with Crippen LogP contribution in [0.4, 0.5) is 0 Å². The van der Waals surface area contributed by atoms with Crippen LogP contribution in [-0.4, -0.2) is 0 Å². The molecule has 1 saturated carbocycles. The van der Waals surface area contributed by atoms with Crippen molar-refractivity contribution in [1.29, 1.82) is 0 Å². The molecule has 0 amide bonds. The molecule has 0 aromatic carbocycles. The average molecular weight is 310 g/mol. The first-order chi connectivity index (χ1) is 13.4. The SMILES string of the molecule is [2H]C1([2H])C2=CC3=CC=CC=C(C3)C3=C2C2=C(C4=CC=CC=C(C=C21)C4)C3([2H])[2H]. The molecule has 0 radical (unpaired) electrons. The van der Waals surface area contributed by atoms with Gasteiger partial charge in [-0.15, -0.1) is 0 Å². The van der Waals surface area contributed by atoms with E-state index in [-0.39, 0.29) is 0 Å². The zero-order valence-electron chi connectivity index (χ0n) is 17.2. The standard InChI is InChI=1S/C24H18/c1-3-7-17-9-15(5-1)11-19-13-20-12-16-6-2-4-8-18(10-16)22-14-21(17)23(19)24(20)22/h1-8,11-12H,9-10,13-14H2/i13D2,14D2. The molecule has 0 atom stereocenters. The second-order valence-corrected chi connectivity index (χ2v) is 6.86. The van der Waals surface area contributed by atoms with Gasteiger partial charge in [0.1, 0.15) is 0 Å². The van der Waals surface area contributed by atoms with E-state index in [4.69, 9.17) is 5.48 Å². The molecule has 0 aliphatic heterocycles. The maximum absolute atomic E-state index is 9.17. The fourth-order valence-corrected chi connectivity index (χ4v) is 4.30. The average Bonchev–Trinajstić information content (AvgIpc) is 2.98. The van der Waals surface area contributed by atoms with Crippen molar-refractivity contribution in [3.8, 4) is 0 Å². The van der Waals surface area contributed by atoms with Gasteiger partial charge >= 0.3 is 0 Å². The molecule has 4 bridgehead atoms. The van der Waals surface area contributed by atoms with Crippen molar-refractivity contribution in [2.45, 2.75) is 25.6 Å². The highest BCUT2D eigenvalue weighted by Gasteiger charge is 2.39. The van der Waals surface area contributed by atoms with Crippen LogP contribution in [0.25, 0.3) is 0 Å². The highest BCUT2D eigenvalue weighted by Crippen LogP contribution is 2.56. The van der Waals surface area contributed by atoms with E-state index in [0.717, 1.165) is 33.4 Å². The normalized spacial score (nSPS) is 32.3. The molecule has 24 heavy (non-hydrogen) atoms. The molecule has 1 fully saturated rings. The second kappa shape index (κ2) is 4.48. The van der Waals surface area contributed by atoms with Crippen molar-refractivity contribution >= 4 is 0 Å². The molecule has 6 aliphatic carbocycles. The Kier molecular flexibility index (Phi) is 1.80. The fourth-order valence-electron chi connectivity index (χ4n) is 4.30. The fraction of sp³-hybridized carbons (Fsp3) is 0.167. The van der Waals surface area contributed by atoms with Crippen molar-refractivity contribution in [3.63, 3.8) is 0 Å². The smallest absolute Gasteiger partial charge is 0.0366 e. The Bertz CT molecular complexity index is 1090. The van der Waals surface area contributed by atoms with Gasteiger partial charge in [0.2, 0.25) is 0 Å². The second-order valence-electron chi connectivity index (χ2n) is 6.86. The highest BCUT2D eigenvalue weighted by molar-refractivity contribution is 5.80. The van der Waals surface area contributed by atoms with Gasteiger partial charge in [0, 0.05) is 5.48 Å². The first-order valence-corrected chi connectivity index (χ1v) is 8.47. The first kappa shape index (κ1) is 9.64. The van der Waals surface area contributed by atoms with Gasteiger partial charge in [0.05, 0.1) is 0 Å². The molecule has 0 heteroatoms. The van der Waals surface area contributed by atoms with Crippen LogP contribution in [0.3, 0.4) is 0 Å². The van der Waals surface area contributed by atoms with E-state index < -0.39 is 12.7 Å². The van der Waals surface area contributed by atoms with Gasteiger partial charge in [-0.05, 0) is 81.3 Å². The van der Waals surface area contributed by atoms with E-state index in [0.29, 0.717) is 35.1 Å². The molecule has 0 unspecified atom stereocenters. The van der Waals surface area contributed by atoms with Gasteiger partial charge in [-0.25, -0.2) is 0 Å². The minimum atomic E-state index is -1.64. The third kappa shape index (κ3) is 1.63. The summed E-state index contributed by atoms with van der Waals surface area (Å²) in [5.74, 6) is 0. The number of hydrogen-bond acceptors (Lipinski definition) is 0. The molecule has 6 aliphatic rings. The van der Waals surface area contributed by atoms with Crippen molar-refractivity contribution in [3.05, 3.63) is 116 Å². The van der Waals surface area contributed by atoms with Gasteiger partial charge < -0.3 is 0 Å². The monoisotopic (exact) mass is 310 g/mol. The molecular formula is C24H18. The molecule has 0 saturated heterocycles. The van der Waals surface area contributed by atoms with Crippen LogP contribution >= 0.6 is 0 Å². The number of rotatable bonds is 0. The number of allylic oxidation sites excluding steroid dienone is 20. The Morgan fingerprint density at radius 2 is 1.08 bits per heavy atom. The molecule has 0 aromatic rings. The minimum absolute atomic E-state index is 0.611. The van der Waals surface area contributed by atoms with Crippen molar-refractivity contribution in [2.75, 3.05) is 0 Å². The summed E-state index contributed by atoms with van der Waals surface area (Å²) in [6.07, 6.45) is 17.8. The summed E-state index contributed by atoms with van der Waals surface area (Å²) in [4.78, 5) is 0. The lowest BCUT2D eigenvalue weighted by atomic mass is 9.92. The van der Waals surface area contributed by atoms with E-state index in [2.05, 4.69) is 0 Å². The maximum Gasteiger partial charge on any atom is 0.0366 e. The Morgan fingerprint density at radius 1 is 0.583 bits per heavy atom. The lowest BCUT2D eigenvalue weighted by Gasteiger charge is -2.11. The van der Waals surface area contributed by atoms with Crippen LogP contribution in [0.5, 0.6) is 0 Å². The molecular weight excluding hydrogens is 288 g/mol. The summed E-state index contributed by atoms with van der Waals surface area (Å²) in [6.45, 7) is 0. The minimum Gasteiger partial charge on any atom is -0.0620 e. The Hall–Kier alpha value is -2.60. The van der Waals surface area contributed by atoms with Crippen LogP contribution < -0.4 is 0 Å². The van der Waals surface area contributed by atoms with Gasteiger partial charge in [0.25, 0.3) is 0 Å². The Morgan fingerprint density at radius 3 is 1.62 bits per heavy atom. The summed E-state index contributed by atoms with van der Waals surface area (Å²) < 4.78 is 36.3. The summed E-state index contributed by atoms with van der Waals surface area (Å²) >= 11 is 0. The predicted molar refractivity (Wildman–Crippen MR) is 99.3 cm³/mol. The first-order valence-electron chi connectivity index (χ1n) is 10.5. The molecule has 0 nitrogen and oxygen atoms in total. The van der Waals surface area contributed by atoms with Crippen molar-refractivity contribution in [1.82, 2.24) is 0 Å². The summed E-state index contributed by atoms with van der Waals surface area (Å²) in [5.41, 5.74) is 8.09. The van der Waals surface area contributed by atoms with E-state index in [1.54, 1.807) is 0 Å². The van der Waals surface area contributed by atoms with Crippen molar-refractivity contribution in [2.24, 2.45) is 0 Å². The molecule has 6 rings (SSSR count). The van der Waals surface area contributed by atoms with Crippen molar-refractivity contribution < 1.29 is 5.48 Å². The zero-order valence-corrected chi connectivity index (χ0v) is 13.2. The van der Waals surface area contributed by atoms with Crippen LogP contribution in [0, 0.1) is 0 Å². The summed E-state index contributed by atoms with van der Waals surface area (Å²) in [7, 11) is 0. The Balaban J connectivity index is 1.79. The largest absolute Gasteiger partial charge is 0.0620 e. The summed E-state index contributed by atoms with van der Waals surface area (Å²) in [5, 5.41) is 0. The third-order valence-electron chi connectivity index (χ3n) is 5.34. The Labute approximate surface area is 148 Å². The van der Waals surface area contributed by atoms with E-state index >= 15 is 0 Å². The third-order valence-corrected chi connectivity index (χ3v) is 5.34. The highest BCUT2D eigenvalue weighted by atomic mass is 14.4. The zero-order chi connectivity index (χ0) is 19.3. The van der Waals surface area contributed by atoms with Gasteiger partial charge in [-0.1, -0.05) is 60.8 Å². The van der Waals surface area contributed by atoms with Gasteiger partial charge in [0.15, 0.2) is 0 Å². The van der Waals surface area contributed by atoms with Crippen LogP contribution in [-0.2, 0) is 0 Å². The number of hydrogen-bond donors (Lipinski definition) is 0. The lowest BCUT2D eigenvalue weighted by Crippen LogP contribution is -1.93. The van der Waals surface area contributed by atoms with Crippen LogP contribution in [0.15, 0.2) is 116 Å². The number of fused-ring (bicyclic) bond motifs is 6. The van der Waals surface area contributed by atoms with Gasteiger partial charge in [-0.3, -0.25) is 0 Å². The van der Waals surface area contributed by atoms with E-state index in [1.165, 1.54) is 0 Å². The quantitative estimate of drug-likeness (QED) is 0.523. The lowest BCUT2D eigenvalue weighted by molar-refractivity contribution is 1.06.